The van der Waals surface area contributed by atoms with Crippen LogP contribution in [0.5, 0.6) is 0 Å². The minimum absolute atomic E-state index is 0.0252. The number of hydrazine groups is 1. The van der Waals surface area contributed by atoms with Gasteiger partial charge in [-0.05, 0) is 24.5 Å². The molecule has 0 unspecified atom stereocenters. The van der Waals surface area contributed by atoms with Gasteiger partial charge in [-0.2, -0.15) is 0 Å². The molecule has 2 rings (SSSR count). The van der Waals surface area contributed by atoms with Gasteiger partial charge in [-0.3, -0.25) is 0 Å². The van der Waals surface area contributed by atoms with E-state index in [1.807, 2.05) is 67.6 Å². The minimum atomic E-state index is -0.818. The summed E-state index contributed by atoms with van der Waals surface area (Å²) in [5.74, 6) is -0.539. The highest BCUT2D eigenvalue weighted by molar-refractivity contribution is 5.82. The summed E-state index contributed by atoms with van der Waals surface area (Å²) in [5.41, 5.74) is 4.06. The lowest BCUT2D eigenvalue weighted by Crippen LogP contribution is -2.51. The van der Waals surface area contributed by atoms with Crippen molar-refractivity contribution >= 4 is 18.2 Å². The Hall–Kier alpha value is -3.81. The largest absolute Gasteiger partial charge is 0.463 e. The summed E-state index contributed by atoms with van der Waals surface area (Å²) in [6.45, 7) is 3.92. The van der Waals surface area contributed by atoms with E-state index < -0.39 is 24.2 Å². The topological polar surface area (TPSA) is 94.2 Å². The standard InChI is InChI=1S/C25H30N2O6/c1-3-11-22(16-17-23(28)31-4-2)27(25(30)33-19-21-14-9-6-10-15-21)26-24(29)32-18-20-12-7-5-8-13-20/h5-10,12-17,22H,3-4,11,18-19H2,1-2H3,(H,26,29)/b17-16+/t22-/m1/s1. The van der Waals surface area contributed by atoms with E-state index in [4.69, 9.17) is 14.2 Å². The van der Waals surface area contributed by atoms with Gasteiger partial charge in [0, 0.05) is 6.08 Å². The lowest BCUT2D eigenvalue weighted by molar-refractivity contribution is -0.137. The first-order chi connectivity index (χ1) is 16.0. The number of nitrogens with one attached hydrogen (secondary N) is 1. The Morgan fingerprint density at radius 1 is 0.879 bits per heavy atom. The average Bonchev–Trinajstić information content (AvgIpc) is 2.84. The maximum Gasteiger partial charge on any atom is 0.429 e. The van der Waals surface area contributed by atoms with E-state index in [0.29, 0.717) is 12.8 Å². The molecule has 1 N–H and O–H groups in total. The van der Waals surface area contributed by atoms with Crippen LogP contribution in [0, 0.1) is 0 Å². The van der Waals surface area contributed by atoms with E-state index in [0.717, 1.165) is 16.1 Å². The van der Waals surface area contributed by atoms with Crippen molar-refractivity contribution in [1.82, 2.24) is 10.4 Å². The Morgan fingerprint density at radius 2 is 1.45 bits per heavy atom. The number of benzene rings is 2. The Bertz CT molecular complexity index is 902. The van der Waals surface area contributed by atoms with Crippen molar-refractivity contribution in [2.75, 3.05) is 6.61 Å². The molecule has 2 amide bonds. The summed E-state index contributed by atoms with van der Waals surface area (Å²) in [6.07, 6.45) is 2.29. The number of amides is 2. The van der Waals surface area contributed by atoms with Gasteiger partial charge in [0.15, 0.2) is 0 Å². The van der Waals surface area contributed by atoms with Crippen molar-refractivity contribution in [2.24, 2.45) is 0 Å². The minimum Gasteiger partial charge on any atom is -0.463 e. The van der Waals surface area contributed by atoms with Crippen molar-refractivity contribution in [1.29, 1.82) is 0 Å². The molecule has 0 aliphatic rings. The van der Waals surface area contributed by atoms with Crippen LogP contribution in [0.1, 0.15) is 37.8 Å². The fourth-order valence-corrected chi connectivity index (χ4v) is 2.89. The molecule has 0 fully saturated rings. The fourth-order valence-electron chi connectivity index (χ4n) is 2.89. The Balaban J connectivity index is 2.12. The number of carbonyl (C=O) groups is 3. The van der Waals surface area contributed by atoms with Crippen LogP contribution in [0.3, 0.4) is 0 Å². The summed E-state index contributed by atoms with van der Waals surface area (Å²) in [7, 11) is 0. The molecule has 0 aliphatic heterocycles. The van der Waals surface area contributed by atoms with Crippen molar-refractivity contribution in [3.05, 3.63) is 83.9 Å². The Labute approximate surface area is 194 Å². The van der Waals surface area contributed by atoms with Crippen LogP contribution in [-0.2, 0) is 32.2 Å². The maximum absolute atomic E-state index is 12.9. The second kappa shape index (κ2) is 14.3. The maximum atomic E-state index is 12.9. The number of rotatable bonds is 10. The molecule has 0 saturated carbocycles. The molecule has 0 radical (unpaired) electrons. The first-order valence-electron chi connectivity index (χ1n) is 10.9. The number of hydrogen-bond donors (Lipinski definition) is 1. The smallest absolute Gasteiger partial charge is 0.429 e. The van der Waals surface area contributed by atoms with Gasteiger partial charge < -0.3 is 14.2 Å². The second-order valence-electron chi connectivity index (χ2n) is 7.05. The molecule has 8 heteroatoms. The van der Waals surface area contributed by atoms with E-state index >= 15 is 0 Å². The summed E-state index contributed by atoms with van der Waals surface area (Å²) in [6, 6.07) is 17.7. The molecule has 0 heterocycles. The first kappa shape index (κ1) is 25.5. The highest BCUT2D eigenvalue weighted by atomic mass is 16.6. The quantitative estimate of drug-likeness (QED) is 0.241. The van der Waals surface area contributed by atoms with Crippen molar-refractivity contribution in [3.8, 4) is 0 Å². The number of carbonyl (C=O) groups excluding carboxylic acids is 3. The van der Waals surface area contributed by atoms with E-state index in [1.165, 1.54) is 12.2 Å². The molecule has 0 aromatic heterocycles. The summed E-state index contributed by atoms with van der Waals surface area (Å²) < 4.78 is 15.6. The van der Waals surface area contributed by atoms with E-state index in [2.05, 4.69) is 5.43 Å². The van der Waals surface area contributed by atoms with Gasteiger partial charge >= 0.3 is 18.2 Å². The molecule has 0 aliphatic carbocycles. The van der Waals surface area contributed by atoms with Gasteiger partial charge in [0.2, 0.25) is 0 Å². The highest BCUT2D eigenvalue weighted by Gasteiger charge is 2.26. The van der Waals surface area contributed by atoms with Gasteiger partial charge in [0.05, 0.1) is 12.6 Å². The van der Waals surface area contributed by atoms with Crippen LogP contribution in [-0.4, -0.2) is 35.8 Å². The van der Waals surface area contributed by atoms with E-state index in [9.17, 15) is 14.4 Å². The normalized spacial score (nSPS) is 11.5. The number of hydrogen-bond acceptors (Lipinski definition) is 6. The van der Waals surface area contributed by atoms with Crippen molar-refractivity contribution in [2.45, 2.75) is 45.9 Å². The average molecular weight is 455 g/mol. The molecular weight excluding hydrogens is 424 g/mol. The summed E-state index contributed by atoms with van der Waals surface area (Å²) in [4.78, 5) is 37.1. The van der Waals surface area contributed by atoms with Crippen LogP contribution >= 0.6 is 0 Å². The SMILES string of the molecule is CCC[C@H](/C=C/C(=O)OCC)N(NC(=O)OCc1ccccc1)C(=O)OCc1ccccc1. The monoisotopic (exact) mass is 454 g/mol. The zero-order chi connectivity index (χ0) is 23.9. The summed E-state index contributed by atoms with van der Waals surface area (Å²) in [5, 5.41) is 1.04. The third kappa shape index (κ3) is 9.47. The molecule has 33 heavy (non-hydrogen) atoms. The lowest BCUT2D eigenvalue weighted by atomic mass is 10.1. The summed E-state index contributed by atoms with van der Waals surface area (Å²) >= 11 is 0. The van der Waals surface area contributed by atoms with E-state index in [-0.39, 0.29) is 19.8 Å². The second-order valence-corrected chi connectivity index (χ2v) is 7.05. The molecule has 0 saturated heterocycles. The number of ether oxygens (including phenoxy) is 3. The van der Waals surface area contributed by atoms with Crippen LogP contribution < -0.4 is 5.43 Å². The molecule has 1 atom stereocenters. The molecule has 2 aromatic carbocycles. The van der Waals surface area contributed by atoms with Crippen LogP contribution in [0.2, 0.25) is 0 Å². The lowest BCUT2D eigenvalue weighted by Gasteiger charge is -2.28. The zero-order valence-corrected chi connectivity index (χ0v) is 18.9. The van der Waals surface area contributed by atoms with Gasteiger partial charge in [0.25, 0.3) is 0 Å². The molecule has 0 spiro atoms. The predicted molar refractivity (Wildman–Crippen MR) is 123 cm³/mol. The molecule has 176 valence electrons. The first-order valence-corrected chi connectivity index (χ1v) is 10.9. The zero-order valence-electron chi connectivity index (χ0n) is 18.9. The number of nitrogens with zero attached hydrogens (tertiary/aromatic N) is 1. The van der Waals surface area contributed by atoms with Crippen molar-refractivity contribution < 1.29 is 28.6 Å². The molecule has 0 bridgehead atoms. The third-order valence-electron chi connectivity index (χ3n) is 4.48. The van der Waals surface area contributed by atoms with Crippen LogP contribution in [0.25, 0.3) is 0 Å². The van der Waals surface area contributed by atoms with Crippen LogP contribution in [0.4, 0.5) is 9.59 Å². The molecule has 2 aromatic rings. The van der Waals surface area contributed by atoms with Gasteiger partial charge in [-0.15, -0.1) is 0 Å². The Kier molecular flexibility index (Phi) is 11.0. The molecular formula is C25H30N2O6. The van der Waals surface area contributed by atoms with Gasteiger partial charge in [-0.25, -0.2) is 24.8 Å². The number of esters is 1. The van der Waals surface area contributed by atoms with Gasteiger partial charge in [0.1, 0.15) is 13.2 Å². The highest BCUT2D eigenvalue weighted by Crippen LogP contribution is 2.12. The van der Waals surface area contributed by atoms with E-state index in [1.54, 1.807) is 6.92 Å². The predicted octanol–water partition coefficient (Wildman–Crippen LogP) is 4.75. The van der Waals surface area contributed by atoms with Gasteiger partial charge in [-0.1, -0.05) is 80.1 Å². The Morgan fingerprint density at radius 3 is 2.00 bits per heavy atom. The molecule has 8 nitrogen and oxygen atoms in total. The third-order valence-corrected chi connectivity index (χ3v) is 4.48. The fraction of sp³-hybridized carbons (Fsp3) is 0.320. The van der Waals surface area contributed by atoms with Crippen molar-refractivity contribution in [3.63, 3.8) is 0 Å². The van der Waals surface area contributed by atoms with Crippen LogP contribution in [0.15, 0.2) is 72.8 Å².